The van der Waals surface area contributed by atoms with Crippen LogP contribution in [0, 0.1) is 0 Å². The summed E-state index contributed by atoms with van der Waals surface area (Å²) in [4.78, 5) is 20.9. The van der Waals surface area contributed by atoms with Crippen LogP contribution < -0.4 is 15.4 Å². The summed E-state index contributed by atoms with van der Waals surface area (Å²) in [5.41, 5.74) is 2.59. The number of nitrogens with one attached hydrogen (secondary N) is 2. The molecule has 2 N–H and O–H groups in total. The quantitative estimate of drug-likeness (QED) is 0.668. The minimum absolute atomic E-state index is 0.274. The predicted octanol–water partition coefficient (Wildman–Crippen LogP) is 3.91. The highest BCUT2D eigenvalue weighted by atomic mass is 16.5. The van der Waals surface area contributed by atoms with Gasteiger partial charge in [0.2, 0.25) is 0 Å². The maximum atomic E-state index is 12.1. The summed E-state index contributed by atoms with van der Waals surface area (Å²) in [5, 5.41) is 5.64. The van der Waals surface area contributed by atoms with Gasteiger partial charge in [-0.2, -0.15) is 0 Å². The van der Waals surface area contributed by atoms with Crippen LogP contribution in [0.1, 0.15) is 12.5 Å². The molecule has 0 saturated heterocycles. The van der Waals surface area contributed by atoms with Crippen molar-refractivity contribution in [3.8, 4) is 17.1 Å². The second-order valence-corrected chi connectivity index (χ2v) is 5.84. The lowest BCUT2D eigenvalue weighted by molar-refractivity contribution is 0.252. The summed E-state index contributed by atoms with van der Waals surface area (Å²) in [7, 11) is 0. The highest BCUT2D eigenvalue weighted by molar-refractivity contribution is 5.90. The first-order valence-corrected chi connectivity index (χ1v) is 8.89. The normalized spacial score (nSPS) is 10.3. The van der Waals surface area contributed by atoms with Crippen LogP contribution >= 0.6 is 0 Å². The van der Waals surface area contributed by atoms with Crippen LogP contribution in [0.5, 0.6) is 5.75 Å². The van der Waals surface area contributed by atoms with Gasteiger partial charge in [-0.05, 0) is 31.0 Å². The number of nitrogens with zero attached hydrogens (tertiary/aromatic N) is 2. The Kier molecular flexibility index (Phi) is 6.35. The van der Waals surface area contributed by atoms with Crippen LogP contribution in [0.15, 0.2) is 67.0 Å². The van der Waals surface area contributed by atoms with Crippen molar-refractivity contribution in [2.24, 2.45) is 0 Å². The number of urea groups is 1. The smallest absolute Gasteiger partial charge is 0.319 e. The Balaban J connectivity index is 1.49. The van der Waals surface area contributed by atoms with Gasteiger partial charge in [0.05, 0.1) is 12.3 Å². The van der Waals surface area contributed by atoms with Crippen LogP contribution in [-0.4, -0.2) is 29.2 Å². The van der Waals surface area contributed by atoms with Gasteiger partial charge in [0.15, 0.2) is 5.82 Å². The molecule has 0 bridgehead atoms. The first-order valence-electron chi connectivity index (χ1n) is 8.89. The number of rotatable bonds is 7. The third-order valence-corrected chi connectivity index (χ3v) is 3.87. The molecule has 0 aliphatic carbocycles. The van der Waals surface area contributed by atoms with E-state index in [4.69, 9.17) is 4.74 Å². The number of anilines is 1. The first-order chi connectivity index (χ1) is 13.3. The largest absolute Gasteiger partial charge is 0.492 e. The van der Waals surface area contributed by atoms with Crippen LogP contribution in [0.2, 0.25) is 0 Å². The molecular weight excluding hydrogens is 340 g/mol. The molecule has 0 saturated carbocycles. The van der Waals surface area contributed by atoms with E-state index in [2.05, 4.69) is 20.6 Å². The summed E-state index contributed by atoms with van der Waals surface area (Å²) in [5.74, 6) is 1.35. The lowest BCUT2D eigenvalue weighted by Crippen LogP contribution is -2.30. The molecule has 3 aromatic rings. The maximum Gasteiger partial charge on any atom is 0.319 e. The lowest BCUT2D eigenvalue weighted by Gasteiger charge is -2.12. The summed E-state index contributed by atoms with van der Waals surface area (Å²) in [6.07, 6.45) is 4.23. The molecular formula is C21H22N4O2. The molecule has 0 aliphatic heterocycles. The zero-order chi connectivity index (χ0) is 18.9. The van der Waals surface area contributed by atoms with Crippen molar-refractivity contribution in [2.45, 2.75) is 13.3 Å². The minimum Gasteiger partial charge on any atom is -0.492 e. The average Bonchev–Trinajstić information content (AvgIpc) is 2.71. The molecule has 27 heavy (non-hydrogen) atoms. The van der Waals surface area contributed by atoms with Crippen molar-refractivity contribution in [3.63, 3.8) is 0 Å². The second-order valence-electron chi connectivity index (χ2n) is 5.84. The third kappa shape index (κ3) is 5.28. The number of amides is 2. The van der Waals surface area contributed by atoms with E-state index in [0.717, 1.165) is 11.1 Å². The van der Waals surface area contributed by atoms with E-state index in [9.17, 15) is 4.79 Å². The number of hydrogen-bond donors (Lipinski definition) is 2. The van der Waals surface area contributed by atoms with E-state index < -0.39 is 0 Å². The Labute approximate surface area is 158 Å². The van der Waals surface area contributed by atoms with Crippen LogP contribution in [-0.2, 0) is 6.42 Å². The molecule has 6 heteroatoms. The lowest BCUT2D eigenvalue weighted by atomic mass is 10.2. The number of benzene rings is 2. The van der Waals surface area contributed by atoms with Gasteiger partial charge in [-0.1, -0.05) is 42.5 Å². The number of para-hydroxylation sites is 2. The third-order valence-electron chi connectivity index (χ3n) is 3.87. The summed E-state index contributed by atoms with van der Waals surface area (Å²) >= 11 is 0. The van der Waals surface area contributed by atoms with Gasteiger partial charge in [-0.15, -0.1) is 0 Å². The Morgan fingerprint density at radius 2 is 1.70 bits per heavy atom. The van der Waals surface area contributed by atoms with Crippen molar-refractivity contribution in [1.29, 1.82) is 0 Å². The second kappa shape index (κ2) is 9.33. The van der Waals surface area contributed by atoms with Gasteiger partial charge in [-0.3, -0.25) is 0 Å². The molecule has 0 atom stereocenters. The SMILES string of the molecule is CCOc1ccccc1NC(=O)NCCc1cnc(-c2ccccc2)nc1. The molecule has 1 aromatic heterocycles. The standard InChI is InChI=1S/C21H22N4O2/c1-2-27-19-11-7-6-10-18(19)25-21(26)22-13-12-16-14-23-20(24-15-16)17-8-4-3-5-9-17/h3-11,14-15H,2,12-13H2,1H3,(H2,22,25,26). The van der Waals surface area contributed by atoms with Crippen molar-refractivity contribution in [2.75, 3.05) is 18.5 Å². The zero-order valence-electron chi connectivity index (χ0n) is 15.2. The minimum atomic E-state index is -0.274. The predicted molar refractivity (Wildman–Crippen MR) is 106 cm³/mol. The Hall–Kier alpha value is -3.41. The molecule has 0 spiro atoms. The van der Waals surface area contributed by atoms with E-state index in [1.54, 1.807) is 18.5 Å². The molecule has 0 aliphatic rings. The number of carbonyl (C=O) groups is 1. The number of aromatic nitrogens is 2. The fraction of sp³-hybridized carbons (Fsp3) is 0.190. The maximum absolute atomic E-state index is 12.1. The fourth-order valence-electron chi connectivity index (χ4n) is 2.56. The Morgan fingerprint density at radius 1 is 1.00 bits per heavy atom. The van der Waals surface area contributed by atoms with Gasteiger partial charge in [-0.25, -0.2) is 14.8 Å². The van der Waals surface area contributed by atoms with E-state index in [1.807, 2.05) is 55.5 Å². The monoisotopic (exact) mass is 362 g/mol. The number of carbonyl (C=O) groups excluding carboxylic acids is 1. The Morgan fingerprint density at radius 3 is 2.44 bits per heavy atom. The van der Waals surface area contributed by atoms with E-state index >= 15 is 0 Å². The number of ether oxygens (including phenoxy) is 1. The van der Waals surface area contributed by atoms with Crippen LogP contribution in [0.3, 0.4) is 0 Å². The molecule has 3 rings (SSSR count). The summed E-state index contributed by atoms with van der Waals surface area (Å²) < 4.78 is 5.50. The van der Waals surface area contributed by atoms with Gasteiger partial charge in [0, 0.05) is 24.5 Å². The molecule has 138 valence electrons. The van der Waals surface area contributed by atoms with Crippen LogP contribution in [0.25, 0.3) is 11.4 Å². The van der Waals surface area contributed by atoms with Gasteiger partial charge < -0.3 is 15.4 Å². The molecule has 6 nitrogen and oxygen atoms in total. The molecule has 2 aromatic carbocycles. The van der Waals surface area contributed by atoms with Crippen molar-refractivity contribution >= 4 is 11.7 Å². The Bertz CT molecular complexity index is 867. The zero-order valence-corrected chi connectivity index (χ0v) is 15.2. The van der Waals surface area contributed by atoms with Crippen LogP contribution in [0.4, 0.5) is 10.5 Å². The highest BCUT2D eigenvalue weighted by Gasteiger charge is 2.07. The topological polar surface area (TPSA) is 76.1 Å². The van der Waals surface area contributed by atoms with E-state index in [1.165, 1.54) is 0 Å². The van der Waals surface area contributed by atoms with Crippen molar-refractivity contribution in [3.05, 3.63) is 72.6 Å². The average molecular weight is 362 g/mol. The molecule has 0 fully saturated rings. The first kappa shape index (κ1) is 18.4. The molecule has 0 unspecified atom stereocenters. The fourth-order valence-corrected chi connectivity index (χ4v) is 2.56. The van der Waals surface area contributed by atoms with E-state index in [-0.39, 0.29) is 6.03 Å². The van der Waals surface area contributed by atoms with E-state index in [0.29, 0.717) is 36.8 Å². The molecule has 0 radical (unpaired) electrons. The highest BCUT2D eigenvalue weighted by Crippen LogP contribution is 2.23. The summed E-state index contributed by atoms with van der Waals surface area (Å²) in [6.45, 7) is 2.93. The van der Waals surface area contributed by atoms with Crippen molar-refractivity contribution in [1.82, 2.24) is 15.3 Å². The molecule has 1 heterocycles. The van der Waals surface area contributed by atoms with Gasteiger partial charge in [0.25, 0.3) is 0 Å². The number of hydrogen-bond acceptors (Lipinski definition) is 4. The van der Waals surface area contributed by atoms with Gasteiger partial charge >= 0.3 is 6.03 Å². The van der Waals surface area contributed by atoms with Gasteiger partial charge in [0.1, 0.15) is 5.75 Å². The summed E-state index contributed by atoms with van der Waals surface area (Å²) in [6, 6.07) is 16.9. The van der Waals surface area contributed by atoms with Crippen molar-refractivity contribution < 1.29 is 9.53 Å². The molecule has 2 amide bonds.